The lowest BCUT2D eigenvalue weighted by Crippen LogP contribution is -2.09. The highest BCUT2D eigenvalue weighted by atomic mass is 32.2. The highest BCUT2D eigenvalue weighted by molar-refractivity contribution is 8.13. The van der Waals surface area contributed by atoms with Crippen LogP contribution in [0.2, 0.25) is 0 Å². The van der Waals surface area contributed by atoms with Crippen LogP contribution in [0.5, 0.6) is 0 Å². The molecular weight excluding hydrogens is 244 g/mol. The van der Waals surface area contributed by atoms with Crippen molar-refractivity contribution in [2.24, 2.45) is 16.7 Å². The van der Waals surface area contributed by atoms with E-state index in [4.69, 9.17) is 16.0 Å². The first-order valence-corrected chi connectivity index (χ1v) is 6.30. The predicted octanol–water partition coefficient (Wildman–Crippen LogP) is 1.82. The summed E-state index contributed by atoms with van der Waals surface area (Å²) in [6.45, 7) is 0. The number of amidine groups is 1. The lowest BCUT2D eigenvalue weighted by atomic mass is 10.5. The molecule has 0 unspecified atom stereocenters. The van der Waals surface area contributed by atoms with Crippen molar-refractivity contribution in [3.8, 4) is 10.8 Å². The topological polar surface area (TPSA) is 90.4 Å². The molecule has 84 valence electrons. The molecule has 0 bridgehead atoms. The van der Waals surface area contributed by atoms with Crippen LogP contribution < -0.4 is 11.6 Å². The molecule has 0 amide bonds. The minimum absolute atomic E-state index is 0.354. The summed E-state index contributed by atoms with van der Waals surface area (Å²) in [7, 11) is 0. The van der Waals surface area contributed by atoms with Crippen molar-refractivity contribution in [3.63, 3.8) is 0 Å². The Morgan fingerprint density at radius 1 is 1.62 bits per heavy atom. The number of aromatic nitrogens is 1. The highest BCUT2D eigenvalue weighted by Crippen LogP contribution is 2.25. The molecule has 2 aromatic heterocycles. The van der Waals surface area contributed by atoms with Crippen LogP contribution in [0.4, 0.5) is 0 Å². The Kier molecular flexibility index (Phi) is 3.47. The van der Waals surface area contributed by atoms with Gasteiger partial charge in [-0.05, 0) is 12.1 Å². The van der Waals surface area contributed by atoms with Crippen LogP contribution in [0.25, 0.3) is 10.8 Å². The van der Waals surface area contributed by atoms with Crippen molar-refractivity contribution in [1.29, 1.82) is 0 Å². The fourth-order valence-corrected chi connectivity index (χ4v) is 2.48. The average molecular weight is 254 g/mol. The molecule has 0 aliphatic rings. The van der Waals surface area contributed by atoms with Crippen LogP contribution in [0.1, 0.15) is 5.69 Å². The summed E-state index contributed by atoms with van der Waals surface area (Å²) in [5, 5.41) is 6.56. The zero-order chi connectivity index (χ0) is 11.4. The first kappa shape index (κ1) is 11.0. The molecule has 2 heterocycles. The SMILES string of the molecule is NN=C(N)SCc1csc(-c2ccco2)n1. The smallest absolute Gasteiger partial charge is 0.177 e. The number of rotatable bonds is 3. The van der Waals surface area contributed by atoms with Crippen LogP contribution >= 0.6 is 23.1 Å². The Morgan fingerprint density at radius 2 is 2.50 bits per heavy atom. The highest BCUT2D eigenvalue weighted by Gasteiger charge is 2.07. The Labute approximate surface area is 101 Å². The van der Waals surface area contributed by atoms with Crippen molar-refractivity contribution in [1.82, 2.24) is 4.98 Å². The maximum Gasteiger partial charge on any atom is 0.177 e. The van der Waals surface area contributed by atoms with Gasteiger partial charge in [0.1, 0.15) is 0 Å². The summed E-state index contributed by atoms with van der Waals surface area (Å²) >= 11 is 2.89. The standard InChI is InChI=1S/C9H10N4OS2/c10-9(13-11)16-5-6-4-15-8(12-6)7-2-1-3-14-7/h1-4H,5,11H2,(H2,10,13). The molecule has 0 atom stereocenters. The Balaban J connectivity index is 2.03. The largest absolute Gasteiger partial charge is 0.462 e. The minimum Gasteiger partial charge on any atom is -0.462 e. The van der Waals surface area contributed by atoms with E-state index in [0.29, 0.717) is 10.9 Å². The first-order chi connectivity index (χ1) is 7.79. The number of hydrazone groups is 1. The van der Waals surface area contributed by atoms with E-state index in [-0.39, 0.29) is 0 Å². The Bertz CT molecular complexity index is 477. The van der Waals surface area contributed by atoms with Gasteiger partial charge in [0.25, 0.3) is 0 Å². The van der Waals surface area contributed by atoms with Gasteiger partial charge in [0.05, 0.1) is 12.0 Å². The second kappa shape index (κ2) is 5.04. The lowest BCUT2D eigenvalue weighted by Gasteiger charge is -1.95. The van der Waals surface area contributed by atoms with Crippen LogP contribution in [0, 0.1) is 0 Å². The number of thioether (sulfide) groups is 1. The third-order valence-electron chi connectivity index (χ3n) is 1.78. The zero-order valence-corrected chi connectivity index (χ0v) is 9.92. The van der Waals surface area contributed by atoms with E-state index in [0.717, 1.165) is 16.5 Å². The van der Waals surface area contributed by atoms with E-state index in [1.165, 1.54) is 23.1 Å². The quantitative estimate of drug-likeness (QED) is 0.377. The summed E-state index contributed by atoms with van der Waals surface area (Å²) in [5.41, 5.74) is 6.41. The van der Waals surface area contributed by atoms with Gasteiger partial charge in [-0.2, -0.15) is 5.10 Å². The van der Waals surface area contributed by atoms with Crippen molar-refractivity contribution >= 4 is 28.3 Å². The second-order valence-corrected chi connectivity index (χ2v) is 4.73. The first-order valence-electron chi connectivity index (χ1n) is 4.44. The molecule has 5 nitrogen and oxygen atoms in total. The third kappa shape index (κ3) is 2.56. The monoisotopic (exact) mass is 254 g/mol. The van der Waals surface area contributed by atoms with Crippen LogP contribution in [0.3, 0.4) is 0 Å². The molecule has 2 rings (SSSR count). The number of hydrogen-bond acceptors (Lipinski definition) is 6. The number of hydrogen-bond donors (Lipinski definition) is 2. The van der Waals surface area contributed by atoms with Crippen molar-refractivity contribution in [3.05, 3.63) is 29.5 Å². The van der Waals surface area contributed by atoms with Gasteiger partial charge in [-0.15, -0.1) is 11.3 Å². The van der Waals surface area contributed by atoms with Gasteiger partial charge in [-0.3, -0.25) is 0 Å². The molecule has 0 fully saturated rings. The van der Waals surface area contributed by atoms with Crippen LogP contribution in [0.15, 0.2) is 33.3 Å². The normalized spacial score (nSPS) is 11.9. The van der Waals surface area contributed by atoms with Gasteiger partial charge in [0, 0.05) is 11.1 Å². The van der Waals surface area contributed by atoms with E-state index < -0.39 is 0 Å². The minimum atomic E-state index is 0.354. The summed E-state index contributed by atoms with van der Waals surface area (Å²) in [4.78, 5) is 4.41. The molecule has 7 heteroatoms. The van der Waals surface area contributed by atoms with E-state index >= 15 is 0 Å². The average Bonchev–Trinajstić information content (AvgIpc) is 2.95. The zero-order valence-electron chi connectivity index (χ0n) is 8.29. The fourth-order valence-electron chi connectivity index (χ4n) is 1.07. The molecular formula is C9H10N4OS2. The number of furan rings is 1. The molecule has 0 aliphatic carbocycles. The second-order valence-electron chi connectivity index (χ2n) is 2.88. The number of nitrogens with two attached hydrogens (primary N) is 2. The van der Waals surface area contributed by atoms with E-state index in [1.54, 1.807) is 6.26 Å². The van der Waals surface area contributed by atoms with Crippen LogP contribution in [-0.4, -0.2) is 10.2 Å². The Morgan fingerprint density at radius 3 is 3.19 bits per heavy atom. The molecule has 0 saturated heterocycles. The molecule has 4 N–H and O–H groups in total. The fraction of sp³-hybridized carbons (Fsp3) is 0.111. The molecule has 2 aromatic rings. The maximum atomic E-state index is 5.47. The predicted molar refractivity (Wildman–Crippen MR) is 66.9 cm³/mol. The van der Waals surface area contributed by atoms with E-state index in [9.17, 15) is 0 Å². The van der Waals surface area contributed by atoms with Crippen molar-refractivity contribution in [2.45, 2.75) is 5.75 Å². The summed E-state index contributed by atoms with van der Waals surface area (Å²) in [6.07, 6.45) is 1.63. The molecule has 0 spiro atoms. The molecule has 0 radical (unpaired) electrons. The number of nitrogens with zero attached hydrogens (tertiary/aromatic N) is 2. The summed E-state index contributed by atoms with van der Waals surface area (Å²) in [6, 6.07) is 3.72. The molecule has 0 aliphatic heterocycles. The van der Waals surface area contributed by atoms with Crippen LogP contribution in [-0.2, 0) is 5.75 Å². The number of thiazole rings is 1. The molecule has 0 aromatic carbocycles. The molecule has 16 heavy (non-hydrogen) atoms. The van der Waals surface area contributed by atoms with Gasteiger partial charge < -0.3 is 16.0 Å². The van der Waals surface area contributed by atoms with Gasteiger partial charge in [-0.25, -0.2) is 4.98 Å². The van der Waals surface area contributed by atoms with Gasteiger partial charge in [-0.1, -0.05) is 11.8 Å². The van der Waals surface area contributed by atoms with E-state index in [1.807, 2.05) is 17.5 Å². The lowest BCUT2D eigenvalue weighted by molar-refractivity contribution is 0.581. The summed E-state index contributed by atoms with van der Waals surface area (Å²) in [5.74, 6) is 6.46. The molecule has 0 saturated carbocycles. The maximum absolute atomic E-state index is 5.47. The van der Waals surface area contributed by atoms with Gasteiger partial charge >= 0.3 is 0 Å². The Hall–Kier alpha value is -1.47. The van der Waals surface area contributed by atoms with E-state index in [2.05, 4.69) is 10.1 Å². The van der Waals surface area contributed by atoms with Gasteiger partial charge in [0.15, 0.2) is 15.9 Å². The van der Waals surface area contributed by atoms with Crippen molar-refractivity contribution < 1.29 is 4.42 Å². The van der Waals surface area contributed by atoms with Gasteiger partial charge in [0.2, 0.25) is 0 Å². The van der Waals surface area contributed by atoms with Crippen molar-refractivity contribution in [2.75, 3.05) is 0 Å². The summed E-state index contributed by atoms with van der Waals surface area (Å²) < 4.78 is 5.25. The third-order valence-corrected chi connectivity index (χ3v) is 3.53.